The molecule has 0 heterocycles. The number of aryl methyl sites for hydroxylation is 1. The average molecular weight is 312 g/mol. The SMILES string of the molecule is Cc1cc(Cl)ccc1C(O)C(CN)c1ccc(F)cc1F. The van der Waals surface area contributed by atoms with Gasteiger partial charge in [-0.25, -0.2) is 8.78 Å². The van der Waals surface area contributed by atoms with Crippen molar-refractivity contribution in [2.45, 2.75) is 18.9 Å². The largest absolute Gasteiger partial charge is 0.388 e. The smallest absolute Gasteiger partial charge is 0.129 e. The van der Waals surface area contributed by atoms with Crippen molar-refractivity contribution in [1.29, 1.82) is 0 Å². The van der Waals surface area contributed by atoms with Crippen LogP contribution in [0.4, 0.5) is 8.78 Å². The van der Waals surface area contributed by atoms with E-state index < -0.39 is 23.7 Å². The van der Waals surface area contributed by atoms with Crippen LogP contribution in [0.5, 0.6) is 0 Å². The van der Waals surface area contributed by atoms with Gasteiger partial charge in [0.05, 0.1) is 6.10 Å². The number of halogens is 3. The minimum Gasteiger partial charge on any atom is -0.388 e. The minimum atomic E-state index is -0.993. The molecule has 0 saturated heterocycles. The molecule has 21 heavy (non-hydrogen) atoms. The molecule has 0 aromatic heterocycles. The summed E-state index contributed by atoms with van der Waals surface area (Å²) >= 11 is 5.89. The van der Waals surface area contributed by atoms with Gasteiger partial charge < -0.3 is 10.8 Å². The highest BCUT2D eigenvalue weighted by Crippen LogP contribution is 2.34. The van der Waals surface area contributed by atoms with Crippen LogP contribution in [0.1, 0.15) is 28.7 Å². The molecule has 2 unspecified atom stereocenters. The molecule has 2 atom stereocenters. The zero-order valence-electron chi connectivity index (χ0n) is 11.5. The minimum absolute atomic E-state index is 0.0335. The molecule has 112 valence electrons. The summed E-state index contributed by atoms with van der Waals surface area (Å²) in [7, 11) is 0. The van der Waals surface area contributed by atoms with Crippen LogP contribution >= 0.6 is 11.6 Å². The van der Waals surface area contributed by atoms with Gasteiger partial charge >= 0.3 is 0 Å². The number of hydrogen-bond acceptors (Lipinski definition) is 2. The van der Waals surface area contributed by atoms with E-state index in [1.807, 2.05) is 0 Å². The molecule has 0 fully saturated rings. The maximum atomic E-state index is 13.9. The lowest BCUT2D eigenvalue weighted by Crippen LogP contribution is -2.22. The first-order chi connectivity index (χ1) is 9.93. The average Bonchev–Trinajstić information content (AvgIpc) is 2.41. The van der Waals surface area contributed by atoms with Crippen LogP contribution in [0.25, 0.3) is 0 Å². The Hall–Kier alpha value is -1.49. The maximum Gasteiger partial charge on any atom is 0.129 e. The normalized spacial score (nSPS) is 14.0. The first-order valence-corrected chi connectivity index (χ1v) is 6.91. The zero-order chi connectivity index (χ0) is 15.6. The third-order valence-electron chi connectivity index (χ3n) is 3.55. The summed E-state index contributed by atoms with van der Waals surface area (Å²) in [5, 5.41) is 11.1. The van der Waals surface area contributed by atoms with Crippen molar-refractivity contribution < 1.29 is 13.9 Å². The van der Waals surface area contributed by atoms with Gasteiger partial charge in [-0.3, -0.25) is 0 Å². The summed E-state index contributed by atoms with van der Waals surface area (Å²) in [4.78, 5) is 0. The third kappa shape index (κ3) is 3.40. The number of nitrogens with two attached hydrogens (primary N) is 1. The first-order valence-electron chi connectivity index (χ1n) is 6.53. The molecule has 2 rings (SSSR count). The Morgan fingerprint density at radius 1 is 1.14 bits per heavy atom. The monoisotopic (exact) mass is 311 g/mol. The molecule has 2 nitrogen and oxygen atoms in total. The first kappa shape index (κ1) is 15.9. The molecule has 2 aromatic rings. The molecule has 5 heteroatoms. The van der Waals surface area contributed by atoms with Crippen LogP contribution in [0.3, 0.4) is 0 Å². The topological polar surface area (TPSA) is 46.2 Å². The van der Waals surface area contributed by atoms with Crippen molar-refractivity contribution in [2.75, 3.05) is 6.54 Å². The van der Waals surface area contributed by atoms with Crippen molar-refractivity contribution in [2.24, 2.45) is 5.73 Å². The van der Waals surface area contributed by atoms with Gasteiger partial charge in [0, 0.05) is 23.6 Å². The molecule has 0 bridgehead atoms. The van der Waals surface area contributed by atoms with Crippen LogP contribution in [0.2, 0.25) is 5.02 Å². The third-order valence-corrected chi connectivity index (χ3v) is 3.78. The van der Waals surface area contributed by atoms with E-state index >= 15 is 0 Å². The summed E-state index contributed by atoms with van der Waals surface area (Å²) in [5.74, 6) is -2.04. The van der Waals surface area contributed by atoms with Gasteiger partial charge in [-0.1, -0.05) is 23.7 Å². The molecule has 0 saturated carbocycles. The molecular formula is C16H16ClF2NO. The molecule has 0 spiro atoms. The lowest BCUT2D eigenvalue weighted by atomic mass is 9.87. The van der Waals surface area contributed by atoms with E-state index in [1.165, 1.54) is 6.07 Å². The number of aliphatic hydroxyl groups is 1. The Bertz CT molecular complexity index is 648. The van der Waals surface area contributed by atoms with E-state index in [9.17, 15) is 13.9 Å². The molecule has 0 amide bonds. The Morgan fingerprint density at radius 2 is 1.81 bits per heavy atom. The van der Waals surface area contributed by atoms with Crippen molar-refractivity contribution in [3.63, 3.8) is 0 Å². The molecule has 0 aliphatic carbocycles. The van der Waals surface area contributed by atoms with Crippen LogP contribution in [-0.2, 0) is 0 Å². The van der Waals surface area contributed by atoms with Crippen molar-refractivity contribution >= 4 is 11.6 Å². The van der Waals surface area contributed by atoms with Gasteiger partial charge in [0.2, 0.25) is 0 Å². The standard InChI is InChI=1S/C16H16ClF2NO/c1-9-6-10(17)2-4-12(9)16(21)14(8-20)13-5-3-11(18)7-15(13)19/h2-7,14,16,21H,8,20H2,1H3. The summed E-state index contributed by atoms with van der Waals surface area (Å²) < 4.78 is 26.9. The van der Waals surface area contributed by atoms with Crippen molar-refractivity contribution in [1.82, 2.24) is 0 Å². The molecule has 0 aliphatic rings. The fraction of sp³-hybridized carbons (Fsp3) is 0.250. The second-order valence-corrected chi connectivity index (χ2v) is 5.39. The summed E-state index contributed by atoms with van der Waals surface area (Å²) in [6, 6.07) is 8.32. The van der Waals surface area contributed by atoms with Crippen molar-refractivity contribution in [3.05, 3.63) is 69.7 Å². The lowest BCUT2D eigenvalue weighted by molar-refractivity contribution is 0.145. The van der Waals surface area contributed by atoms with Gasteiger partial charge in [-0.2, -0.15) is 0 Å². The Balaban J connectivity index is 2.40. The quantitative estimate of drug-likeness (QED) is 0.904. The zero-order valence-corrected chi connectivity index (χ0v) is 12.2. The second-order valence-electron chi connectivity index (χ2n) is 4.95. The predicted octanol–water partition coefficient (Wildman–Crippen LogP) is 3.70. The molecule has 3 N–H and O–H groups in total. The second kappa shape index (κ2) is 6.52. The highest BCUT2D eigenvalue weighted by Gasteiger charge is 2.25. The van der Waals surface area contributed by atoms with E-state index in [2.05, 4.69) is 0 Å². The number of aliphatic hydroxyl groups excluding tert-OH is 1. The summed E-state index contributed by atoms with van der Waals surface area (Å²) in [6.45, 7) is 1.84. The van der Waals surface area contributed by atoms with E-state index in [4.69, 9.17) is 17.3 Å². The summed E-state index contributed by atoms with van der Waals surface area (Å²) in [5.41, 5.74) is 7.29. The Labute approximate surface area is 127 Å². The number of benzene rings is 2. The highest BCUT2D eigenvalue weighted by atomic mass is 35.5. The van der Waals surface area contributed by atoms with Crippen molar-refractivity contribution in [3.8, 4) is 0 Å². The van der Waals surface area contributed by atoms with Gasteiger partial charge in [0.1, 0.15) is 11.6 Å². The van der Waals surface area contributed by atoms with Crippen LogP contribution < -0.4 is 5.73 Å². The Kier molecular flexibility index (Phi) is 4.93. The van der Waals surface area contributed by atoms with Crippen LogP contribution in [0.15, 0.2) is 36.4 Å². The molecular weight excluding hydrogens is 296 g/mol. The fourth-order valence-corrected chi connectivity index (χ4v) is 2.64. The van der Waals surface area contributed by atoms with E-state index in [0.717, 1.165) is 17.7 Å². The predicted molar refractivity (Wildman–Crippen MR) is 79.3 cm³/mol. The maximum absolute atomic E-state index is 13.9. The van der Waals surface area contributed by atoms with E-state index in [-0.39, 0.29) is 12.1 Å². The molecule has 0 aliphatic heterocycles. The van der Waals surface area contributed by atoms with E-state index in [1.54, 1.807) is 25.1 Å². The fourth-order valence-electron chi connectivity index (χ4n) is 2.42. The van der Waals surface area contributed by atoms with E-state index in [0.29, 0.717) is 10.6 Å². The Morgan fingerprint density at radius 3 is 2.38 bits per heavy atom. The number of rotatable bonds is 4. The van der Waals surface area contributed by atoms with Gasteiger partial charge in [0.15, 0.2) is 0 Å². The van der Waals surface area contributed by atoms with Crippen LogP contribution in [0, 0.1) is 18.6 Å². The number of hydrogen-bond donors (Lipinski definition) is 2. The van der Waals surface area contributed by atoms with Crippen LogP contribution in [-0.4, -0.2) is 11.7 Å². The van der Waals surface area contributed by atoms with Gasteiger partial charge in [-0.05, 0) is 41.8 Å². The van der Waals surface area contributed by atoms with Gasteiger partial charge in [-0.15, -0.1) is 0 Å². The molecule has 2 aromatic carbocycles. The van der Waals surface area contributed by atoms with Gasteiger partial charge in [0.25, 0.3) is 0 Å². The highest BCUT2D eigenvalue weighted by molar-refractivity contribution is 6.30. The molecule has 0 radical (unpaired) electrons. The summed E-state index contributed by atoms with van der Waals surface area (Å²) in [6.07, 6.45) is -0.993. The lowest BCUT2D eigenvalue weighted by Gasteiger charge is -2.24.